The van der Waals surface area contributed by atoms with E-state index in [0.717, 1.165) is 0 Å². The molecule has 0 aliphatic heterocycles. The quantitative estimate of drug-likeness (QED) is 0.708. The Morgan fingerprint density at radius 1 is 0.960 bits per heavy atom. The lowest BCUT2D eigenvalue weighted by Gasteiger charge is -2.07. The van der Waals surface area contributed by atoms with Crippen LogP contribution < -0.4 is 10.6 Å². The van der Waals surface area contributed by atoms with Crippen molar-refractivity contribution >= 4 is 23.6 Å². The molecule has 0 radical (unpaired) electrons. The lowest BCUT2D eigenvalue weighted by atomic mass is 10.2. The summed E-state index contributed by atoms with van der Waals surface area (Å²) in [6, 6.07) is 11.6. The average molecular weight is 364 g/mol. The van der Waals surface area contributed by atoms with E-state index in [1.807, 2.05) is 0 Å². The highest BCUT2D eigenvalue weighted by atomic mass is 32.2. The summed E-state index contributed by atoms with van der Waals surface area (Å²) in [6.45, 7) is 0.262. The van der Waals surface area contributed by atoms with E-state index in [0.29, 0.717) is 23.6 Å². The smallest absolute Gasteiger partial charge is 0.251 e. The van der Waals surface area contributed by atoms with E-state index < -0.39 is 11.7 Å². The van der Waals surface area contributed by atoms with Gasteiger partial charge in [0.1, 0.15) is 11.6 Å². The summed E-state index contributed by atoms with van der Waals surface area (Å²) in [7, 11) is 0. The number of hydrogen-bond acceptors (Lipinski definition) is 3. The Kier molecular flexibility index (Phi) is 7.40. The molecular weight excluding hydrogens is 346 g/mol. The Bertz CT molecular complexity index is 723. The molecule has 2 rings (SSSR count). The Morgan fingerprint density at radius 3 is 2.40 bits per heavy atom. The van der Waals surface area contributed by atoms with Crippen LogP contribution in [-0.2, 0) is 10.5 Å². The van der Waals surface area contributed by atoms with Crippen molar-refractivity contribution in [1.29, 1.82) is 0 Å². The van der Waals surface area contributed by atoms with Crippen LogP contribution >= 0.6 is 11.8 Å². The molecule has 0 heterocycles. The maximum atomic E-state index is 13.4. The Balaban J connectivity index is 1.60. The second kappa shape index (κ2) is 9.78. The van der Waals surface area contributed by atoms with Crippen molar-refractivity contribution in [2.45, 2.75) is 5.75 Å². The van der Waals surface area contributed by atoms with Crippen LogP contribution in [-0.4, -0.2) is 30.7 Å². The Hall–Kier alpha value is -2.41. The SMILES string of the molecule is O=C(CNC(=O)c1ccc(F)cc1)NCCSCc1ccccc1F. The minimum atomic E-state index is -0.441. The topological polar surface area (TPSA) is 58.2 Å². The number of thioether (sulfide) groups is 1. The Labute approximate surface area is 149 Å². The number of hydrogen-bond donors (Lipinski definition) is 2. The molecule has 2 aromatic carbocycles. The summed E-state index contributed by atoms with van der Waals surface area (Å²) in [5.41, 5.74) is 0.917. The summed E-state index contributed by atoms with van der Waals surface area (Å²) in [5.74, 6) is -0.258. The van der Waals surface area contributed by atoms with E-state index in [1.165, 1.54) is 42.1 Å². The molecule has 0 aromatic heterocycles. The first-order valence-corrected chi connectivity index (χ1v) is 8.83. The van der Waals surface area contributed by atoms with Gasteiger partial charge < -0.3 is 10.6 Å². The number of carbonyl (C=O) groups is 2. The van der Waals surface area contributed by atoms with Gasteiger partial charge in [-0.25, -0.2) is 8.78 Å². The van der Waals surface area contributed by atoms with Crippen LogP contribution in [0.2, 0.25) is 0 Å². The van der Waals surface area contributed by atoms with E-state index in [2.05, 4.69) is 10.6 Å². The zero-order valence-corrected chi connectivity index (χ0v) is 14.2. The molecule has 7 heteroatoms. The molecule has 4 nitrogen and oxygen atoms in total. The second-order valence-electron chi connectivity index (χ2n) is 5.18. The van der Waals surface area contributed by atoms with Crippen molar-refractivity contribution in [3.8, 4) is 0 Å². The van der Waals surface area contributed by atoms with Crippen molar-refractivity contribution in [2.24, 2.45) is 0 Å². The maximum absolute atomic E-state index is 13.4. The number of amides is 2. The van der Waals surface area contributed by atoms with Gasteiger partial charge >= 0.3 is 0 Å². The third-order valence-electron chi connectivity index (χ3n) is 3.30. The van der Waals surface area contributed by atoms with Crippen molar-refractivity contribution in [2.75, 3.05) is 18.8 Å². The monoisotopic (exact) mass is 364 g/mol. The molecule has 0 aliphatic rings. The molecule has 132 valence electrons. The molecule has 0 aliphatic carbocycles. The van der Waals surface area contributed by atoms with Gasteiger partial charge in [0.25, 0.3) is 5.91 Å². The highest BCUT2D eigenvalue weighted by Gasteiger charge is 2.08. The van der Waals surface area contributed by atoms with Crippen molar-refractivity contribution < 1.29 is 18.4 Å². The van der Waals surface area contributed by atoms with Gasteiger partial charge in [0.2, 0.25) is 5.91 Å². The van der Waals surface area contributed by atoms with Gasteiger partial charge in [0, 0.05) is 23.6 Å². The lowest BCUT2D eigenvalue weighted by Crippen LogP contribution is -2.37. The first-order chi connectivity index (χ1) is 12.1. The third kappa shape index (κ3) is 6.54. The Morgan fingerprint density at radius 2 is 1.68 bits per heavy atom. The summed E-state index contributed by atoms with van der Waals surface area (Å²) in [6.07, 6.45) is 0. The van der Waals surface area contributed by atoms with E-state index in [-0.39, 0.29) is 23.8 Å². The van der Waals surface area contributed by atoms with Gasteiger partial charge in [-0.05, 0) is 35.9 Å². The largest absolute Gasteiger partial charge is 0.354 e. The standard InChI is InChI=1S/C18H18F2N2O2S/c19-15-7-5-13(6-8-15)18(24)22-11-17(23)21-9-10-25-12-14-3-1-2-4-16(14)20/h1-8H,9-12H2,(H,21,23)(H,22,24). The van der Waals surface area contributed by atoms with E-state index in [4.69, 9.17) is 0 Å². The van der Waals surface area contributed by atoms with Crippen LogP contribution in [0.25, 0.3) is 0 Å². The fourth-order valence-electron chi connectivity index (χ4n) is 1.99. The fraction of sp³-hybridized carbons (Fsp3) is 0.222. The maximum Gasteiger partial charge on any atom is 0.251 e. The minimum Gasteiger partial charge on any atom is -0.354 e. The predicted molar refractivity (Wildman–Crippen MR) is 94.3 cm³/mol. The minimum absolute atomic E-state index is 0.159. The number of carbonyl (C=O) groups excluding carboxylic acids is 2. The molecular formula is C18H18F2N2O2S. The van der Waals surface area contributed by atoms with Gasteiger partial charge in [-0.1, -0.05) is 18.2 Å². The number of benzene rings is 2. The van der Waals surface area contributed by atoms with Crippen molar-refractivity contribution in [1.82, 2.24) is 10.6 Å². The van der Waals surface area contributed by atoms with E-state index in [9.17, 15) is 18.4 Å². The molecule has 0 saturated heterocycles. The summed E-state index contributed by atoms with van der Waals surface area (Å²) in [4.78, 5) is 23.4. The first-order valence-electron chi connectivity index (χ1n) is 7.68. The molecule has 2 aromatic rings. The summed E-state index contributed by atoms with van der Waals surface area (Å²) in [5, 5.41) is 5.13. The first kappa shape index (κ1) is 18.9. The van der Waals surface area contributed by atoms with Crippen molar-refractivity contribution in [3.05, 3.63) is 71.3 Å². The molecule has 0 fully saturated rings. The van der Waals surface area contributed by atoms with Crippen LogP contribution in [0, 0.1) is 11.6 Å². The molecule has 0 saturated carbocycles. The zero-order chi connectivity index (χ0) is 18.1. The van der Waals surface area contributed by atoms with Gasteiger partial charge in [0.05, 0.1) is 6.54 Å². The summed E-state index contributed by atoms with van der Waals surface area (Å²) >= 11 is 1.51. The fourth-order valence-corrected chi connectivity index (χ4v) is 2.83. The molecule has 0 spiro atoms. The van der Waals surface area contributed by atoms with Crippen LogP contribution in [0.5, 0.6) is 0 Å². The predicted octanol–water partition coefficient (Wildman–Crippen LogP) is 2.74. The highest BCUT2D eigenvalue weighted by Crippen LogP contribution is 2.14. The van der Waals surface area contributed by atoms with Crippen LogP contribution in [0.1, 0.15) is 15.9 Å². The van der Waals surface area contributed by atoms with Gasteiger partial charge in [-0.2, -0.15) is 11.8 Å². The molecule has 0 bridgehead atoms. The van der Waals surface area contributed by atoms with Gasteiger partial charge in [-0.15, -0.1) is 0 Å². The molecule has 25 heavy (non-hydrogen) atoms. The molecule has 2 amide bonds. The second-order valence-corrected chi connectivity index (χ2v) is 6.29. The lowest BCUT2D eigenvalue weighted by molar-refractivity contribution is -0.120. The van der Waals surface area contributed by atoms with Gasteiger partial charge in [-0.3, -0.25) is 9.59 Å². The number of halogens is 2. The average Bonchev–Trinajstić information content (AvgIpc) is 2.61. The molecule has 2 N–H and O–H groups in total. The third-order valence-corrected chi connectivity index (χ3v) is 4.31. The van der Waals surface area contributed by atoms with Crippen LogP contribution in [0.3, 0.4) is 0 Å². The number of rotatable bonds is 8. The molecule has 0 atom stereocenters. The van der Waals surface area contributed by atoms with Crippen LogP contribution in [0.15, 0.2) is 48.5 Å². The normalized spacial score (nSPS) is 10.3. The summed E-state index contributed by atoms with van der Waals surface area (Å²) < 4.78 is 26.2. The van der Waals surface area contributed by atoms with Gasteiger partial charge in [0.15, 0.2) is 0 Å². The van der Waals surface area contributed by atoms with E-state index in [1.54, 1.807) is 18.2 Å². The molecule has 0 unspecified atom stereocenters. The number of nitrogens with one attached hydrogen (secondary N) is 2. The van der Waals surface area contributed by atoms with Crippen LogP contribution in [0.4, 0.5) is 8.78 Å². The van der Waals surface area contributed by atoms with E-state index >= 15 is 0 Å². The highest BCUT2D eigenvalue weighted by molar-refractivity contribution is 7.98. The van der Waals surface area contributed by atoms with Crippen molar-refractivity contribution in [3.63, 3.8) is 0 Å². The zero-order valence-electron chi connectivity index (χ0n) is 13.4.